The number of rotatable bonds is 8. The average Bonchev–Trinajstić information content (AvgIpc) is 2.37. The van der Waals surface area contributed by atoms with Gasteiger partial charge in [-0.1, -0.05) is 12.1 Å². The summed E-state index contributed by atoms with van der Waals surface area (Å²) in [6.07, 6.45) is 2.87. The van der Waals surface area contributed by atoms with Crippen LogP contribution in [-0.4, -0.2) is 24.5 Å². The van der Waals surface area contributed by atoms with E-state index in [1.165, 1.54) is 13.8 Å². The highest BCUT2D eigenvalue weighted by molar-refractivity contribution is 6.08. The van der Waals surface area contributed by atoms with Crippen LogP contribution in [0, 0.1) is 0 Å². The number of ketones is 2. The van der Waals surface area contributed by atoms with Crippen LogP contribution in [-0.2, 0) is 4.79 Å². The maximum absolute atomic E-state index is 11.6. The van der Waals surface area contributed by atoms with Crippen molar-refractivity contribution in [3.8, 4) is 5.75 Å². The third kappa shape index (κ3) is 4.32. The first-order valence-corrected chi connectivity index (χ1v) is 6.29. The van der Waals surface area contributed by atoms with E-state index in [0.29, 0.717) is 29.9 Å². The van der Waals surface area contributed by atoms with Crippen molar-refractivity contribution in [2.24, 2.45) is 0 Å². The van der Waals surface area contributed by atoms with Crippen molar-refractivity contribution in [2.45, 2.75) is 33.1 Å². The maximum Gasteiger partial charge on any atom is 0.164 e. The predicted molar refractivity (Wildman–Crippen MR) is 71.9 cm³/mol. The fourth-order valence-electron chi connectivity index (χ4n) is 1.82. The molecule has 0 unspecified atom stereocenters. The molecular weight excluding hydrogens is 244 g/mol. The Labute approximate surface area is 112 Å². The SMILES string of the molecule is CC(=O)c1cccc(OCCCCC=O)c1C(C)=O. The summed E-state index contributed by atoms with van der Waals surface area (Å²) in [5, 5.41) is 0. The van der Waals surface area contributed by atoms with Gasteiger partial charge in [0.15, 0.2) is 11.6 Å². The van der Waals surface area contributed by atoms with Crippen LogP contribution in [0.4, 0.5) is 0 Å². The van der Waals surface area contributed by atoms with Gasteiger partial charge < -0.3 is 9.53 Å². The molecule has 0 aromatic heterocycles. The van der Waals surface area contributed by atoms with Crippen LogP contribution in [0.1, 0.15) is 53.8 Å². The Morgan fingerprint density at radius 2 is 1.89 bits per heavy atom. The summed E-state index contributed by atoms with van der Waals surface area (Å²) in [6.45, 7) is 3.27. The third-order valence-electron chi connectivity index (χ3n) is 2.73. The molecule has 0 heterocycles. The Hall–Kier alpha value is -1.97. The number of ether oxygens (including phenoxy) is 1. The number of carbonyl (C=O) groups excluding carboxylic acids is 3. The van der Waals surface area contributed by atoms with Crippen molar-refractivity contribution >= 4 is 17.9 Å². The first-order chi connectivity index (χ1) is 9.07. The van der Waals surface area contributed by atoms with Gasteiger partial charge in [0, 0.05) is 12.0 Å². The zero-order chi connectivity index (χ0) is 14.3. The monoisotopic (exact) mass is 262 g/mol. The molecule has 0 saturated heterocycles. The Morgan fingerprint density at radius 1 is 1.16 bits per heavy atom. The first kappa shape index (κ1) is 15.1. The molecule has 1 rings (SSSR count). The van der Waals surface area contributed by atoms with Gasteiger partial charge in [0.1, 0.15) is 12.0 Å². The van der Waals surface area contributed by atoms with Crippen LogP contribution in [0.25, 0.3) is 0 Å². The molecule has 0 fully saturated rings. The molecule has 0 saturated carbocycles. The first-order valence-electron chi connectivity index (χ1n) is 6.29. The molecule has 0 atom stereocenters. The van der Waals surface area contributed by atoms with E-state index < -0.39 is 0 Å². The van der Waals surface area contributed by atoms with E-state index in [4.69, 9.17) is 4.74 Å². The van der Waals surface area contributed by atoms with E-state index in [1.54, 1.807) is 18.2 Å². The van der Waals surface area contributed by atoms with Crippen LogP contribution < -0.4 is 4.74 Å². The van der Waals surface area contributed by atoms with Gasteiger partial charge in [-0.2, -0.15) is 0 Å². The topological polar surface area (TPSA) is 60.4 Å². The van der Waals surface area contributed by atoms with Crippen molar-refractivity contribution in [1.29, 1.82) is 0 Å². The smallest absolute Gasteiger partial charge is 0.164 e. The van der Waals surface area contributed by atoms with E-state index in [-0.39, 0.29) is 11.6 Å². The van der Waals surface area contributed by atoms with Crippen molar-refractivity contribution in [3.05, 3.63) is 29.3 Å². The second-order valence-corrected chi connectivity index (χ2v) is 4.30. The largest absolute Gasteiger partial charge is 0.493 e. The number of hydrogen-bond donors (Lipinski definition) is 0. The fraction of sp³-hybridized carbons (Fsp3) is 0.400. The van der Waals surface area contributed by atoms with Gasteiger partial charge in [0.05, 0.1) is 12.2 Å². The number of aldehydes is 1. The van der Waals surface area contributed by atoms with Gasteiger partial charge in [0.2, 0.25) is 0 Å². The van der Waals surface area contributed by atoms with Crippen LogP contribution in [0.3, 0.4) is 0 Å². The van der Waals surface area contributed by atoms with Gasteiger partial charge in [-0.3, -0.25) is 9.59 Å². The zero-order valence-electron chi connectivity index (χ0n) is 11.3. The fourth-order valence-corrected chi connectivity index (χ4v) is 1.82. The minimum atomic E-state index is -0.186. The third-order valence-corrected chi connectivity index (χ3v) is 2.73. The lowest BCUT2D eigenvalue weighted by atomic mass is 10.0. The molecule has 4 heteroatoms. The zero-order valence-corrected chi connectivity index (χ0v) is 11.3. The minimum Gasteiger partial charge on any atom is -0.493 e. The molecule has 1 aromatic rings. The number of hydrogen-bond acceptors (Lipinski definition) is 4. The Kier molecular flexibility index (Phi) is 5.93. The van der Waals surface area contributed by atoms with Crippen LogP contribution in [0.15, 0.2) is 18.2 Å². The van der Waals surface area contributed by atoms with Crippen molar-refractivity contribution in [1.82, 2.24) is 0 Å². The summed E-state index contributed by atoms with van der Waals surface area (Å²) < 4.78 is 5.55. The molecule has 102 valence electrons. The standard InChI is InChI=1S/C15H18O4/c1-11(17)13-7-6-8-14(15(13)12(2)18)19-10-5-3-4-9-16/h6-9H,3-5,10H2,1-2H3. The number of Topliss-reactive ketones (excluding diaryl/α,β-unsaturated/α-hetero) is 2. The highest BCUT2D eigenvalue weighted by Gasteiger charge is 2.16. The summed E-state index contributed by atoms with van der Waals surface area (Å²) in [5.74, 6) is 0.0941. The lowest BCUT2D eigenvalue weighted by molar-refractivity contribution is -0.107. The summed E-state index contributed by atoms with van der Waals surface area (Å²) in [5.41, 5.74) is 0.725. The lowest BCUT2D eigenvalue weighted by Gasteiger charge is -2.12. The molecule has 19 heavy (non-hydrogen) atoms. The van der Waals surface area contributed by atoms with E-state index in [0.717, 1.165) is 19.1 Å². The molecule has 0 aliphatic rings. The van der Waals surface area contributed by atoms with E-state index in [1.807, 2.05) is 0 Å². The van der Waals surface area contributed by atoms with Crippen molar-refractivity contribution in [3.63, 3.8) is 0 Å². The molecule has 1 aromatic carbocycles. The number of carbonyl (C=O) groups is 3. The Bertz CT molecular complexity index is 477. The van der Waals surface area contributed by atoms with Crippen molar-refractivity contribution < 1.29 is 19.1 Å². The summed E-state index contributed by atoms with van der Waals surface area (Å²) in [6, 6.07) is 5.01. The predicted octanol–water partition coefficient (Wildman–Crippen LogP) is 2.84. The van der Waals surface area contributed by atoms with Crippen LogP contribution in [0.5, 0.6) is 5.75 Å². The van der Waals surface area contributed by atoms with Gasteiger partial charge in [-0.15, -0.1) is 0 Å². The molecule has 0 spiro atoms. The lowest BCUT2D eigenvalue weighted by Crippen LogP contribution is -2.08. The second-order valence-electron chi connectivity index (χ2n) is 4.30. The minimum absolute atomic E-state index is 0.156. The molecule has 4 nitrogen and oxygen atoms in total. The second kappa shape index (κ2) is 7.46. The Balaban J connectivity index is 2.82. The normalized spacial score (nSPS) is 10.0. The maximum atomic E-state index is 11.6. The molecule has 0 aliphatic carbocycles. The number of benzene rings is 1. The van der Waals surface area contributed by atoms with Gasteiger partial charge >= 0.3 is 0 Å². The average molecular weight is 262 g/mol. The van der Waals surface area contributed by atoms with Gasteiger partial charge in [-0.25, -0.2) is 0 Å². The van der Waals surface area contributed by atoms with Gasteiger partial charge in [0.25, 0.3) is 0 Å². The molecule has 0 N–H and O–H groups in total. The van der Waals surface area contributed by atoms with Gasteiger partial charge in [-0.05, 0) is 32.8 Å². The summed E-state index contributed by atoms with van der Waals surface area (Å²) >= 11 is 0. The van der Waals surface area contributed by atoms with Crippen molar-refractivity contribution in [2.75, 3.05) is 6.61 Å². The highest BCUT2D eigenvalue weighted by atomic mass is 16.5. The Morgan fingerprint density at radius 3 is 2.47 bits per heavy atom. The molecular formula is C15H18O4. The van der Waals surface area contributed by atoms with Crippen LogP contribution in [0.2, 0.25) is 0 Å². The highest BCUT2D eigenvalue weighted by Crippen LogP contribution is 2.24. The van der Waals surface area contributed by atoms with E-state index in [9.17, 15) is 14.4 Å². The molecule has 0 radical (unpaired) electrons. The van der Waals surface area contributed by atoms with E-state index >= 15 is 0 Å². The van der Waals surface area contributed by atoms with Crippen LogP contribution >= 0.6 is 0 Å². The number of unbranched alkanes of at least 4 members (excludes halogenated alkanes) is 2. The quantitative estimate of drug-likeness (QED) is 0.410. The summed E-state index contributed by atoms with van der Waals surface area (Å²) in [7, 11) is 0. The van der Waals surface area contributed by atoms with E-state index in [2.05, 4.69) is 0 Å². The summed E-state index contributed by atoms with van der Waals surface area (Å²) in [4.78, 5) is 33.3. The molecule has 0 bridgehead atoms. The molecule has 0 amide bonds. The molecule has 0 aliphatic heterocycles.